The Balaban J connectivity index is 2.82. The first-order valence-corrected chi connectivity index (χ1v) is 3.49. The molecule has 0 aliphatic rings. The van der Waals surface area contributed by atoms with Crippen LogP contribution in [0.2, 0.25) is 5.15 Å². The molecule has 0 atom stereocenters. The molecule has 0 saturated heterocycles. The van der Waals surface area contributed by atoms with Crippen LogP contribution in [-0.4, -0.2) is 20.2 Å². The number of H-pyrrole nitrogens is 1. The van der Waals surface area contributed by atoms with E-state index in [1.807, 2.05) is 6.92 Å². The summed E-state index contributed by atoms with van der Waals surface area (Å²) in [5.74, 6) is 0.816. The smallest absolute Gasteiger partial charge is 0.200 e. The number of hydrogen-bond acceptors (Lipinski definition) is 3. The summed E-state index contributed by atoms with van der Waals surface area (Å²) in [4.78, 5) is 7.07. The first-order chi connectivity index (χ1) is 5.25. The number of aromatic nitrogens is 4. The van der Waals surface area contributed by atoms with Crippen molar-refractivity contribution in [2.75, 3.05) is 0 Å². The van der Waals surface area contributed by atoms with Crippen LogP contribution in [0.25, 0.3) is 11.2 Å². The van der Waals surface area contributed by atoms with E-state index in [1.165, 1.54) is 0 Å². The van der Waals surface area contributed by atoms with Crippen LogP contribution in [0, 0.1) is 6.92 Å². The largest absolute Gasteiger partial charge is 0.341 e. The molecule has 4 nitrogen and oxygen atoms in total. The molecular weight excluding hydrogens is 164 g/mol. The lowest BCUT2D eigenvalue weighted by Gasteiger charge is -1.85. The van der Waals surface area contributed by atoms with Gasteiger partial charge in [-0.1, -0.05) is 11.6 Å². The SMILES string of the molecule is Cc1nc2nnc(Cl)cc2[nH]1. The van der Waals surface area contributed by atoms with Gasteiger partial charge in [0.05, 0.1) is 5.52 Å². The number of hydrogen-bond donors (Lipinski definition) is 1. The number of aromatic amines is 1. The molecule has 0 radical (unpaired) electrons. The van der Waals surface area contributed by atoms with Crippen LogP contribution in [0.4, 0.5) is 0 Å². The van der Waals surface area contributed by atoms with Crippen LogP contribution < -0.4 is 0 Å². The second kappa shape index (κ2) is 2.17. The molecule has 0 spiro atoms. The predicted octanol–water partition coefficient (Wildman–Crippen LogP) is 1.31. The fourth-order valence-corrected chi connectivity index (χ4v) is 1.06. The predicted molar refractivity (Wildman–Crippen MR) is 41.4 cm³/mol. The van der Waals surface area contributed by atoms with Crippen molar-refractivity contribution < 1.29 is 0 Å². The molecule has 2 aromatic rings. The quantitative estimate of drug-likeness (QED) is 0.646. The van der Waals surface area contributed by atoms with Crippen molar-refractivity contribution in [3.8, 4) is 0 Å². The lowest BCUT2D eigenvalue weighted by Crippen LogP contribution is -1.82. The minimum absolute atomic E-state index is 0.376. The van der Waals surface area contributed by atoms with Gasteiger partial charge in [-0.05, 0) is 6.92 Å². The van der Waals surface area contributed by atoms with E-state index < -0.39 is 0 Å². The van der Waals surface area contributed by atoms with Crippen molar-refractivity contribution in [2.45, 2.75) is 6.92 Å². The number of imidazole rings is 1. The molecule has 0 aliphatic heterocycles. The molecule has 5 heteroatoms. The zero-order valence-electron chi connectivity index (χ0n) is 5.80. The highest BCUT2D eigenvalue weighted by Crippen LogP contribution is 2.10. The van der Waals surface area contributed by atoms with Crippen LogP contribution in [0.3, 0.4) is 0 Å². The molecule has 2 heterocycles. The maximum atomic E-state index is 5.61. The van der Waals surface area contributed by atoms with Crippen LogP contribution in [0.5, 0.6) is 0 Å². The summed E-state index contributed by atoms with van der Waals surface area (Å²) in [6, 6.07) is 1.70. The van der Waals surface area contributed by atoms with Crippen molar-refractivity contribution in [2.24, 2.45) is 0 Å². The van der Waals surface area contributed by atoms with Gasteiger partial charge >= 0.3 is 0 Å². The van der Waals surface area contributed by atoms with Crippen LogP contribution in [-0.2, 0) is 0 Å². The Hall–Kier alpha value is -1.16. The molecule has 2 rings (SSSR count). The number of rotatable bonds is 0. The molecular formula is C6H5ClN4. The van der Waals surface area contributed by atoms with E-state index in [0.717, 1.165) is 11.3 Å². The van der Waals surface area contributed by atoms with Gasteiger partial charge in [0.1, 0.15) is 5.82 Å². The number of nitrogens with zero attached hydrogens (tertiary/aromatic N) is 3. The third-order valence-corrected chi connectivity index (χ3v) is 1.52. The number of fused-ring (bicyclic) bond motifs is 1. The third-order valence-electron chi connectivity index (χ3n) is 1.33. The standard InChI is InChI=1S/C6H5ClN4/c1-3-8-4-2-5(7)10-11-6(4)9-3/h2H,1H3,(H,8,9,11). The van der Waals surface area contributed by atoms with E-state index in [2.05, 4.69) is 20.2 Å². The molecule has 2 aromatic heterocycles. The summed E-state index contributed by atoms with van der Waals surface area (Å²) in [6.07, 6.45) is 0. The van der Waals surface area contributed by atoms with Gasteiger partial charge in [-0.2, -0.15) is 0 Å². The van der Waals surface area contributed by atoms with Crippen molar-refractivity contribution in [3.05, 3.63) is 17.0 Å². The van der Waals surface area contributed by atoms with E-state index in [0.29, 0.717) is 10.8 Å². The Morgan fingerprint density at radius 2 is 2.27 bits per heavy atom. The second-order valence-electron chi connectivity index (χ2n) is 2.23. The minimum atomic E-state index is 0.376. The molecule has 0 amide bonds. The van der Waals surface area contributed by atoms with Crippen LogP contribution >= 0.6 is 11.6 Å². The number of halogens is 1. The van der Waals surface area contributed by atoms with Gasteiger partial charge in [0.25, 0.3) is 0 Å². The summed E-state index contributed by atoms with van der Waals surface area (Å²) >= 11 is 5.61. The fourth-order valence-electron chi connectivity index (χ4n) is 0.918. The highest BCUT2D eigenvalue weighted by atomic mass is 35.5. The highest BCUT2D eigenvalue weighted by Gasteiger charge is 2.00. The summed E-state index contributed by atoms with van der Waals surface area (Å²) < 4.78 is 0. The van der Waals surface area contributed by atoms with Gasteiger partial charge in [0, 0.05) is 6.07 Å². The monoisotopic (exact) mass is 168 g/mol. The lowest BCUT2D eigenvalue weighted by atomic mass is 10.5. The normalized spacial score (nSPS) is 10.7. The Labute approximate surface area is 67.6 Å². The molecule has 0 aliphatic carbocycles. The van der Waals surface area contributed by atoms with Gasteiger partial charge in [0.2, 0.25) is 0 Å². The average Bonchev–Trinajstić information content (AvgIpc) is 2.27. The van der Waals surface area contributed by atoms with Crippen molar-refractivity contribution in [1.82, 2.24) is 20.2 Å². The van der Waals surface area contributed by atoms with Gasteiger partial charge in [-0.15, -0.1) is 10.2 Å². The van der Waals surface area contributed by atoms with Crippen molar-refractivity contribution >= 4 is 22.8 Å². The van der Waals surface area contributed by atoms with E-state index in [1.54, 1.807) is 6.07 Å². The molecule has 56 valence electrons. The summed E-state index contributed by atoms with van der Waals surface area (Å²) in [5.41, 5.74) is 1.43. The molecule has 0 saturated carbocycles. The van der Waals surface area contributed by atoms with E-state index in [-0.39, 0.29) is 0 Å². The maximum Gasteiger partial charge on any atom is 0.200 e. The molecule has 11 heavy (non-hydrogen) atoms. The minimum Gasteiger partial charge on any atom is -0.341 e. The summed E-state index contributed by atoms with van der Waals surface area (Å²) in [6.45, 7) is 1.86. The Kier molecular flexibility index (Phi) is 1.29. The summed E-state index contributed by atoms with van der Waals surface area (Å²) in [5, 5.41) is 7.81. The summed E-state index contributed by atoms with van der Waals surface area (Å²) in [7, 11) is 0. The van der Waals surface area contributed by atoms with E-state index in [9.17, 15) is 0 Å². The average molecular weight is 169 g/mol. The third kappa shape index (κ3) is 1.05. The Morgan fingerprint density at radius 3 is 3.09 bits per heavy atom. The van der Waals surface area contributed by atoms with Crippen LogP contribution in [0.15, 0.2) is 6.07 Å². The molecule has 0 unspecified atom stereocenters. The van der Waals surface area contributed by atoms with Gasteiger partial charge in [-0.25, -0.2) is 4.98 Å². The number of aryl methyl sites for hydroxylation is 1. The number of nitrogens with one attached hydrogen (secondary N) is 1. The van der Waals surface area contributed by atoms with Gasteiger partial charge < -0.3 is 4.98 Å². The van der Waals surface area contributed by atoms with E-state index >= 15 is 0 Å². The lowest BCUT2D eigenvalue weighted by molar-refractivity contribution is 1.05. The topological polar surface area (TPSA) is 54.5 Å². The van der Waals surface area contributed by atoms with E-state index in [4.69, 9.17) is 11.6 Å². The second-order valence-corrected chi connectivity index (χ2v) is 2.61. The maximum absolute atomic E-state index is 5.61. The Bertz CT molecular complexity index is 394. The van der Waals surface area contributed by atoms with Gasteiger partial charge in [-0.3, -0.25) is 0 Å². The van der Waals surface area contributed by atoms with Crippen molar-refractivity contribution in [1.29, 1.82) is 0 Å². The highest BCUT2D eigenvalue weighted by molar-refractivity contribution is 6.29. The Morgan fingerprint density at radius 1 is 1.45 bits per heavy atom. The zero-order valence-corrected chi connectivity index (χ0v) is 6.55. The first-order valence-electron chi connectivity index (χ1n) is 3.11. The molecule has 0 aromatic carbocycles. The fraction of sp³-hybridized carbons (Fsp3) is 0.167. The zero-order chi connectivity index (χ0) is 7.84. The van der Waals surface area contributed by atoms with Gasteiger partial charge in [0.15, 0.2) is 10.8 Å². The molecule has 0 bridgehead atoms. The van der Waals surface area contributed by atoms with Crippen LogP contribution in [0.1, 0.15) is 5.82 Å². The molecule has 1 N–H and O–H groups in total. The first kappa shape index (κ1) is 6.54. The molecule has 0 fully saturated rings. The van der Waals surface area contributed by atoms with Crippen molar-refractivity contribution in [3.63, 3.8) is 0 Å².